The fourth-order valence-electron chi connectivity index (χ4n) is 5.69. The number of cyclic esters (lactones) is 2. The molecule has 0 unspecified atom stereocenters. The molecule has 0 bridgehead atoms. The molecule has 1 N–H and O–H groups in total. The van der Waals surface area contributed by atoms with Crippen LogP contribution in [0.5, 0.6) is 0 Å². The Hall–Kier alpha value is -5.42. The second-order valence-corrected chi connectivity index (χ2v) is 11.3. The highest BCUT2D eigenvalue weighted by atomic mass is 19.1. The number of imide groups is 2. The zero-order chi connectivity index (χ0) is 34.0. The fourth-order valence-corrected chi connectivity index (χ4v) is 5.69. The van der Waals surface area contributed by atoms with Gasteiger partial charge in [0.2, 0.25) is 11.8 Å². The number of benzene rings is 4. The van der Waals surface area contributed by atoms with E-state index in [1.165, 1.54) is 24.3 Å². The van der Waals surface area contributed by atoms with Gasteiger partial charge < -0.3 is 14.6 Å². The van der Waals surface area contributed by atoms with E-state index in [0.29, 0.717) is 12.8 Å². The van der Waals surface area contributed by atoms with Gasteiger partial charge in [0.25, 0.3) is 0 Å². The van der Waals surface area contributed by atoms with Gasteiger partial charge in [-0.25, -0.2) is 28.2 Å². The highest BCUT2D eigenvalue weighted by Crippen LogP contribution is 2.26. The van der Waals surface area contributed by atoms with Gasteiger partial charge in [-0.2, -0.15) is 0 Å². The van der Waals surface area contributed by atoms with Crippen LogP contribution < -0.4 is 0 Å². The van der Waals surface area contributed by atoms with Gasteiger partial charge in [-0.3, -0.25) is 9.59 Å². The zero-order valence-corrected chi connectivity index (χ0v) is 25.9. The lowest BCUT2D eigenvalue weighted by molar-refractivity contribution is -0.132. The van der Waals surface area contributed by atoms with Crippen LogP contribution in [0.1, 0.15) is 28.2 Å². The van der Waals surface area contributed by atoms with Gasteiger partial charge in [0.05, 0.1) is 31.0 Å². The smallest absolute Gasteiger partial charge is 0.417 e. The van der Waals surface area contributed by atoms with E-state index in [0.717, 1.165) is 20.9 Å². The molecule has 11 heteroatoms. The summed E-state index contributed by atoms with van der Waals surface area (Å²) in [6, 6.07) is 29.9. The van der Waals surface area contributed by atoms with Crippen LogP contribution in [0.15, 0.2) is 109 Å². The van der Waals surface area contributed by atoms with E-state index in [1.54, 1.807) is 24.3 Å². The lowest BCUT2D eigenvalue weighted by atomic mass is 9.96. The number of halogens is 2. The Morgan fingerprint density at radius 2 is 1.17 bits per heavy atom. The second-order valence-electron chi connectivity index (χ2n) is 11.3. The predicted molar refractivity (Wildman–Crippen MR) is 171 cm³/mol. The van der Waals surface area contributed by atoms with E-state index in [4.69, 9.17) is 9.47 Å². The van der Waals surface area contributed by atoms with E-state index in [9.17, 15) is 33.1 Å². The fraction of sp³-hybridized carbons (Fsp3) is 0.243. The first-order chi connectivity index (χ1) is 23.3. The molecule has 0 radical (unpaired) electrons. The van der Waals surface area contributed by atoms with Crippen molar-refractivity contribution in [2.24, 2.45) is 0 Å². The molecule has 2 aliphatic rings. The molecule has 0 spiro atoms. The van der Waals surface area contributed by atoms with Crippen molar-refractivity contribution in [3.63, 3.8) is 0 Å². The van der Waals surface area contributed by atoms with Crippen molar-refractivity contribution >= 4 is 24.0 Å². The summed E-state index contributed by atoms with van der Waals surface area (Å²) in [7, 11) is 0. The van der Waals surface area contributed by atoms with Crippen LogP contribution in [0.3, 0.4) is 0 Å². The van der Waals surface area contributed by atoms with Crippen LogP contribution in [0.25, 0.3) is 0 Å². The van der Waals surface area contributed by atoms with Crippen molar-refractivity contribution in [1.29, 1.82) is 0 Å². The van der Waals surface area contributed by atoms with Crippen molar-refractivity contribution in [3.05, 3.63) is 143 Å². The monoisotopic (exact) mass is 656 g/mol. The largest absolute Gasteiger partial charge is 0.447 e. The first kappa shape index (κ1) is 33.9. The van der Waals surface area contributed by atoms with Crippen molar-refractivity contribution in [2.45, 2.75) is 37.3 Å². The van der Waals surface area contributed by atoms with Crippen LogP contribution >= 0.6 is 0 Å². The molecule has 4 aromatic carbocycles. The van der Waals surface area contributed by atoms with Gasteiger partial charge in [-0.05, 0) is 41.7 Å². The minimum atomic E-state index is -1.15. The Morgan fingerprint density at radius 1 is 0.688 bits per heavy atom. The van der Waals surface area contributed by atoms with Gasteiger partial charge in [-0.15, -0.1) is 0 Å². The van der Waals surface area contributed by atoms with Crippen LogP contribution in [0, 0.1) is 11.6 Å². The first-order valence-electron chi connectivity index (χ1n) is 15.4. The van der Waals surface area contributed by atoms with Crippen molar-refractivity contribution in [1.82, 2.24) is 9.80 Å². The maximum absolute atomic E-state index is 14.0. The van der Waals surface area contributed by atoms with Crippen LogP contribution in [0.4, 0.5) is 18.4 Å². The van der Waals surface area contributed by atoms with Crippen LogP contribution in [-0.2, 0) is 38.3 Å². The number of aliphatic hydroxyl groups is 1. The van der Waals surface area contributed by atoms with E-state index in [1.807, 2.05) is 60.7 Å². The average molecular weight is 657 g/mol. The number of hydrogen-bond acceptors (Lipinski definition) is 7. The molecule has 0 saturated carbocycles. The summed E-state index contributed by atoms with van der Waals surface area (Å²) in [4.78, 5) is 51.3. The summed E-state index contributed by atoms with van der Waals surface area (Å²) in [5.74, 6) is -3.30. The molecule has 2 saturated heterocycles. The van der Waals surface area contributed by atoms with Gasteiger partial charge >= 0.3 is 12.2 Å². The Bertz CT molecular complexity index is 1740. The van der Waals surface area contributed by atoms with Crippen LogP contribution in [0.2, 0.25) is 0 Å². The zero-order valence-electron chi connectivity index (χ0n) is 25.9. The molecule has 6 rings (SSSR count). The number of amides is 4. The normalized spacial score (nSPS) is 17.6. The van der Waals surface area contributed by atoms with E-state index < -0.39 is 54.2 Å². The quantitative estimate of drug-likeness (QED) is 0.255. The SMILES string of the molecule is O=C(Cc1ccccc1F)N1C(=O)OC[C@H]1Cc1ccccc1.O=C1OC[C@@H](Cc2ccccc2)N1C(=O)[C@H](CO)c1ccccc1F. The van der Waals surface area contributed by atoms with Gasteiger partial charge in [-0.1, -0.05) is 97.1 Å². The summed E-state index contributed by atoms with van der Waals surface area (Å²) in [6.45, 7) is -0.354. The van der Waals surface area contributed by atoms with Crippen molar-refractivity contribution < 1.29 is 42.5 Å². The van der Waals surface area contributed by atoms with E-state index >= 15 is 0 Å². The Labute approximate surface area is 276 Å². The molecule has 248 valence electrons. The molecule has 4 amide bonds. The highest BCUT2D eigenvalue weighted by Gasteiger charge is 2.42. The molecule has 2 fully saturated rings. The maximum Gasteiger partial charge on any atom is 0.417 e. The summed E-state index contributed by atoms with van der Waals surface area (Å²) < 4.78 is 37.7. The third-order valence-corrected chi connectivity index (χ3v) is 8.12. The molecule has 4 aromatic rings. The Kier molecular flexibility index (Phi) is 11.3. The molecule has 2 aliphatic heterocycles. The van der Waals surface area contributed by atoms with Gasteiger partial charge in [0, 0.05) is 5.56 Å². The number of carbonyl (C=O) groups excluding carboxylic acids is 4. The summed E-state index contributed by atoms with van der Waals surface area (Å²) in [5, 5.41) is 9.63. The molecule has 0 aromatic heterocycles. The number of aliphatic hydroxyl groups excluding tert-OH is 1. The third-order valence-electron chi connectivity index (χ3n) is 8.12. The Morgan fingerprint density at radius 3 is 1.71 bits per heavy atom. The van der Waals surface area contributed by atoms with E-state index in [-0.39, 0.29) is 36.8 Å². The predicted octanol–water partition coefficient (Wildman–Crippen LogP) is 5.45. The molecular weight excluding hydrogens is 622 g/mol. The lowest BCUT2D eigenvalue weighted by Gasteiger charge is -2.24. The minimum Gasteiger partial charge on any atom is -0.447 e. The standard InChI is InChI=1S/C19H18FNO4.C18H16FNO3/c20-17-9-5-4-8-15(17)16(11-22)18(23)21-14(12-25-19(21)24)10-13-6-2-1-3-7-13;19-16-9-5-4-8-14(16)11-17(21)20-15(12-23-18(20)22)10-13-6-2-1-3-7-13/h1-9,14,16,22H,10-12H2;1-9,15H,10-12H2/t14-,16-;15-/m11/s1. The summed E-state index contributed by atoms with van der Waals surface area (Å²) >= 11 is 0. The summed E-state index contributed by atoms with van der Waals surface area (Å²) in [5.41, 5.74) is 2.30. The maximum atomic E-state index is 14.0. The lowest BCUT2D eigenvalue weighted by Crippen LogP contribution is -2.43. The number of ether oxygens (including phenoxy) is 2. The third kappa shape index (κ3) is 8.10. The number of rotatable bonds is 9. The van der Waals surface area contributed by atoms with Gasteiger partial charge in [0.15, 0.2) is 0 Å². The number of carbonyl (C=O) groups is 4. The van der Waals surface area contributed by atoms with Crippen molar-refractivity contribution in [2.75, 3.05) is 19.8 Å². The summed E-state index contributed by atoms with van der Waals surface area (Å²) in [6.07, 6.45) is -0.621. The second kappa shape index (κ2) is 15.9. The van der Waals surface area contributed by atoms with Crippen molar-refractivity contribution in [3.8, 4) is 0 Å². The van der Waals surface area contributed by atoms with Crippen LogP contribution in [-0.4, -0.2) is 70.8 Å². The van der Waals surface area contributed by atoms with E-state index in [2.05, 4.69) is 0 Å². The minimum absolute atomic E-state index is 0.0631. The molecule has 0 aliphatic carbocycles. The number of nitrogens with zero attached hydrogens (tertiary/aromatic N) is 2. The van der Waals surface area contributed by atoms with Gasteiger partial charge in [0.1, 0.15) is 24.8 Å². The molecule has 9 nitrogen and oxygen atoms in total. The topological polar surface area (TPSA) is 113 Å². The molecule has 48 heavy (non-hydrogen) atoms. The Balaban J connectivity index is 0.000000188. The molecule has 3 atom stereocenters. The molecular formula is C37H34F2N2O7. The molecule has 2 heterocycles. The first-order valence-corrected chi connectivity index (χ1v) is 15.4. The number of hydrogen-bond donors (Lipinski definition) is 1. The average Bonchev–Trinajstić information content (AvgIpc) is 3.65. The highest BCUT2D eigenvalue weighted by molar-refractivity contribution is 5.97.